The lowest BCUT2D eigenvalue weighted by Crippen LogP contribution is -2.37. The van der Waals surface area contributed by atoms with E-state index in [1.807, 2.05) is 0 Å². The van der Waals surface area contributed by atoms with Gasteiger partial charge in [0.1, 0.15) is 5.78 Å². The third-order valence-corrected chi connectivity index (χ3v) is 14.8. The van der Waals surface area contributed by atoms with E-state index in [-0.39, 0.29) is 24.7 Å². The average molecular weight is 982 g/mol. The highest BCUT2D eigenvalue weighted by molar-refractivity contribution is 5.78. The van der Waals surface area contributed by atoms with Crippen LogP contribution in [-0.4, -0.2) is 95.6 Å². The van der Waals surface area contributed by atoms with Gasteiger partial charge in [0.25, 0.3) is 0 Å². The summed E-state index contributed by atoms with van der Waals surface area (Å²) >= 11 is 0. The van der Waals surface area contributed by atoms with Crippen molar-refractivity contribution < 1.29 is 29.3 Å². The monoisotopic (exact) mass is 981 g/mol. The van der Waals surface area contributed by atoms with E-state index in [0.29, 0.717) is 38.0 Å². The standard InChI is InChI=1S/C62H112N2O6/c1-4-6-8-10-12-14-16-18-20-22-23-25-27-29-31-33-37-43-50-62(49-42-36-32-30-28-26-24-21-19-17-15-13-11-9-7-5-2)69-56-60(70-62)48-52-63(3)51-44-38-40-46-58(66)45-39-34-35-41-47-61(68)64-54-59(67)53-57(64)55-65/h12-15,18-21,57,59-60,65,67H,4-11,16-17,22-56H2,1-3H3/b14-12-,15-13-,20-18-,21-19-/t57-,59+,60?,62?/m0/s1. The highest BCUT2D eigenvalue weighted by Crippen LogP contribution is 2.36. The van der Waals surface area contributed by atoms with Crippen molar-refractivity contribution in [3.8, 4) is 0 Å². The Morgan fingerprint density at radius 3 is 1.51 bits per heavy atom. The van der Waals surface area contributed by atoms with Crippen molar-refractivity contribution in [2.45, 2.75) is 295 Å². The van der Waals surface area contributed by atoms with Gasteiger partial charge in [0, 0.05) is 45.2 Å². The van der Waals surface area contributed by atoms with Gasteiger partial charge in [-0.05, 0) is 129 Å². The number of likely N-dealkylation sites (tertiary alicyclic amines) is 1. The number of ketones is 1. The number of hydrogen-bond acceptors (Lipinski definition) is 7. The van der Waals surface area contributed by atoms with Gasteiger partial charge < -0.3 is 29.5 Å². The Bertz CT molecular complexity index is 1350. The van der Waals surface area contributed by atoms with E-state index in [1.165, 1.54) is 154 Å². The highest BCUT2D eigenvalue weighted by atomic mass is 16.7. The zero-order chi connectivity index (χ0) is 50.4. The maximum Gasteiger partial charge on any atom is 0.222 e. The summed E-state index contributed by atoms with van der Waals surface area (Å²) in [6, 6.07) is -0.250. The minimum atomic E-state index is -0.529. The fourth-order valence-electron chi connectivity index (χ4n) is 10.2. The molecule has 0 aliphatic carbocycles. The summed E-state index contributed by atoms with van der Waals surface area (Å²) in [6.07, 6.45) is 63.6. The molecule has 8 nitrogen and oxygen atoms in total. The fourth-order valence-corrected chi connectivity index (χ4v) is 10.2. The third kappa shape index (κ3) is 35.1. The van der Waals surface area contributed by atoms with Crippen molar-refractivity contribution >= 4 is 11.7 Å². The Hall–Kier alpha value is -2.10. The maximum atomic E-state index is 12.5. The zero-order valence-corrected chi connectivity index (χ0v) is 46.1. The predicted molar refractivity (Wildman–Crippen MR) is 297 cm³/mol. The van der Waals surface area contributed by atoms with Crippen molar-refractivity contribution in [3.05, 3.63) is 48.6 Å². The van der Waals surface area contributed by atoms with Gasteiger partial charge in [-0.1, -0.05) is 172 Å². The molecule has 4 atom stereocenters. The van der Waals surface area contributed by atoms with Crippen LogP contribution in [0.4, 0.5) is 0 Å². The van der Waals surface area contributed by atoms with Crippen molar-refractivity contribution in [2.24, 2.45) is 0 Å². The number of amides is 1. The number of hydrogen-bond donors (Lipinski definition) is 2. The Balaban J connectivity index is 1.60. The van der Waals surface area contributed by atoms with Gasteiger partial charge >= 0.3 is 0 Å². The fraction of sp³-hybridized carbons (Fsp3) is 0.839. The van der Waals surface area contributed by atoms with Crippen LogP contribution >= 0.6 is 0 Å². The van der Waals surface area contributed by atoms with Crippen LogP contribution in [0.1, 0.15) is 271 Å². The van der Waals surface area contributed by atoms with E-state index >= 15 is 0 Å². The van der Waals surface area contributed by atoms with Crippen LogP contribution in [0, 0.1) is 0 Å². The molecule has 2 unspecified atom stereocenters. The Morgan fingerprint density at radius 2 is 1.01 bits per heavy atom. The Morgan fingerprint density at radius 1 is 0.571 bits per heavy atom. The molecule has 0 bridgehead atoms. The molecule has 8 heteroatoms. The number of aliphatic hydroxyl groups excluding tert-OH is 2. The largest absolute Gasteiger partial charge is 0.394 e. The number of ether oxygens (including phenoxy) is 2. The maximum absolute atomic E-state index is 12.5. The molecule has 70 heavy (non-hydrogen) atoms. The molecule has 406 valence electrons. The van der Waals surface area contributed by atoms with Crippen LogP contribution in [0.15, 0.2) is 48.6 Å². The molecule has 2 fully saturated rings. The van der Waals surface area contributed by atoms with Gasteiger partial charge in [0.15, 0.2) is 5.79 Å². The molecule has 0 radical (unpaired) electrons. The highest BCUT2D eigenvalue weighted by Gasteiger charge is 2.40. The molecular weight excluding hydrogens is 869 g/mol. The number of carbonyl (C=O) groups is 2. The number of aliphatic hydroxyl groups is 2. The molecule has 2 saturated heterocycles. The molecule has 2 aliphatic rings. The summed E-state index contributed by atoms with van der Waals surface area (Å²) in [4.78, 5) is 29.1. The van der Waals surface area contributed by atoms with Crippen molar-refractivity contribution in [3.63, 3.8) is 0 Å². The topological polar surface area (TPSA) is 99.5 Å². The van der Waals surface area contributed by atoms with E-state index in [2.05, 4.69) is 74.4 Å². The number of carbonyl (C=O) groups excluding carboxylic acids is 2. The van der Waals surface area contributed by atoms with Gasteiger partial charge in [-0.2, -0.15) is 0 Å². The molecule has 2 heterocycles. The number of nitrogens with zero attached hydrogens (tertiary/aromatic N) is 2. The first kappa shape index (κ1) is 64.0. The van der Waals surface area contributed by atoms with Crippen LogP contribution in [0.25, 0.3) is 0 Å². The van der Waals surface area contributed by atoms with Crippen LogP contribution in [0.2, 0.25) is 0 Å². The Kier molecular flexibility index (Phi) is 41.6. The van der Waals surface area contributed by atoms with Crippen LogP contribution < -0.4 is 0 Å². The first-order chi connectivity index (χ1) is 34.3. The van der Waals surface area contributed by atoms with Gasteiger partial charge in [0.05, 0.1) is 31.5 Å². The summed E-state index contributed by atoms with van der Waals surface area (Å²) in [5.74, 6) is -0.0147. The van der Waals surface area contributed by atoms with Crippen LogP contribution in [0.5, 0.6) is 0 Å². The summed E-state index contributed by atoms with van der Waals surface area (Å²) in [5, 5.41) is 19.3. The molecule has 1 amide bonds. The summed E-state index contributed by atoms with van der Waals surface area (Å²) in [5.41, 5.74) is 0. The smallest absolute Gasteiger partial charge is 0.222 e. The molecular formula is C62H112N2O6. The molecule has 0 aromatic heterocycles. The zero-order valence-electron chi connectivity index (χ0n) is 46.1. The lowest BCUT2D eigenvalue weighted by Gasteiger charge is -2.29. The normalized spacial score (nSPS) is 19.8. The predicted octanol–water partition coefficient (Wildman–Crippen LogP) is 16.0. The Labute approximate surface area is 432 Å². The minimum Gasteiger partial charge on any atom is -0.394 e. The van der Waals surface area contributed by atoms with Gasteiger partial charge in [-0.15, -0.1) is 0 Å². The second kappa shape index (κ2) is 45.5. The van der Waals surface area contributed by atoms with E-state index in [4.69, 9.17) is 9.47 Å². The van der Waals surface area contributed by atoms with Crippen LogP contribution in [0.3, 0.4) is 0 Å². The van der Waals surface area contributed by atoms with Gasteiger partial charge in [-0.25, -0.2) is 0 Å². The molecule has 2 aliphatic heterocycles. The quantitative estimate of drug-likeness (QED) is 0.0463. The average Bonchev–Trinajstić information content (AvgIpc) is 3.96. The lowest BCUT2D eigenvalue weighted by atomic mass is 9.98. The molecule has 0 aromatic carbocycles. The van der Waals surface area contributed by atoms with E-state index in [9.17, 15) is 19.8 Å². The molecule has 0 saturated carbocycles. The van der Waals surface area contributed by atoms with Gasteiger partial charge in [-0.3, -0.25) is 9.59 Å². The lowest BCUT2D eigenvalue weighted by molar-refractivity contribution is -0.180. The third-order valence-electron chi connectivity index (χ3n) is 14.8. The van der Waals surface area contributed by atoms with Gasteiger partial charge in [0.2, 0.25) is 5.91 Å². The van der Waals surface area contributed by atoms with E-state index < -0.39 is 11.9 Å². The van der Waals surface area contributed by atoms with E-state index in [1.54, 1.807) is 4.90 Å². The van der Waals surface area contributed by atoms with Crippen LogP contribution in [-0.2, 0) is 19.1 Å². The molecule has 2 rings (SSSR count). The number of β-amino-alcohol motifs (C(OH)–C–C–N with tert-alkyl or cyclic N) is 1. The van der Waals surface area contributed by atoms with Crippen molar-refractivity contribution in [1.82, 2.24) is 9.80 Å². The molecule has 0 spiro atoms. The first-order valence-corrected chi connectivity index (χ1v) is 30.0. The molecule has 0 aromatic rings. The SMILES string of the molecule is CCCCC/C=C\C/C=C\CCCCCCCCCCC1(CCCCCCCC/C=C\C/C=C\CCCCC)OCC(CCN(C)CCCCCC(=O)CCCCCCC(=O)N2C[C@H](O)C[C@H]2CO)O1. The summed E-state index contributed by atoms with van der Waals surface area (Å²) < 4.78 is 13.5. The molecule has 2 N–H and O–H groups in total. The van der Waals surface area contributed by atoms with Crippen molar-refractivity contribution in [1.29, 1.82) is 0 Å². The number of Topliss-reactive ketones (excluding diaryl/α,β-unsaturated/α-hetero) is 1. The summed E-state index contributed by atoms with van der Waals surface area (Å²) in [7, 11) is 2.22. The minimum absolute atomic E-state index is 0.0211. The second-order valence-electron chi connectivity index (χ2n) is 21.5. The number of unbranched alkanes of at least 4 members (excludes halogenated alkanes) is 25. The van der Waals surface area contributed by atoms with Crippen molar-refractivity contribution in [2.75, 3.05) is 39.9 Å². The first-order valence-electron chi connectivity index (χ1n) is 30.0. The van der Waals surface area contributed by atoms with E-state index in [0.717, 1.165) is 96.7 Å². The number of allylic oxidation sites excluding steroid dienone is 8. The number of rotatable bonds is 49. The second-order valence-corrected chi connectivity index (χ2v) is 21.5. The summed E-state index contributed by atoms with van der Waals surface area (Å²) in [6.45, 7) is 7.54.